The molecule has 7 nitrogen and oxygen atoms in total. The Morgan fingerprint density at radius 1 is 0.967 bits per heavy atom. The van der Waals surface area contributed by atoms with Gasteiger partial charge in [-0.15, -0.1) is 0 Å². The quantitative estimate of drug-likeness (QED) is 0.689. The van der Waals surface area contributed by atoms with E-state index in [9.17, 15) is 13.2 Å². The Bertz CT molecular complexity index is 1020. The van der Waals surface area contributed by atoms with Crippen molar-refractivity contribution in [3.63, 3.8) is 0 Å². The second kappa shape index (κ2) is 9.38. The number of carbonyl (C=O) groups excluding carboxylic acids is 1. The van der Waals surface area contributed by atoms with Gasteiger partial charge in [0.15, 0.2) is 11.5 Å². The summed E-state index contributed by atoms with van der Waals surface area (Å²) in [6, 6.07) is 9.47. The van der Waals surface area contributed by atoms with E-state index in [1.165, 1.54) is 25.8 Å². The summed E-state index contributed by atoms with van der Waals surface area (Å²) in [6.45, 7) is 7.46. The molecule has 0 aliphatic heterocycles. The molecule has 30 heavy (non-hydrogen) atoms. The van der Waals surface area contributed by atoms with Gasteiger partial charge in [0.25, 0.3) is 0 Å². The second-order valence-corrected chi connectivity index (χ2v) is 9.21. The molecule has 0 fully saturated rings. The highest BCUT2D eigenvalue weighted by Gasteiger charge is 2.30. The van der Waals surface area contributed by atoms with Crippen molar-refractivity contribution < 1.29 is 22.7 Å². The molecular weight excluding hydrogens is 404 g/mol. The van der Waals surface area contributed by atoms with Gasteiger partial charge in [-0.3, -0.25) is 9.10 Å². The highest BCUT2D eigenvalue weighted by molar-refractivity contribution is 7.92. The average molecular weight is 435 g/mol. The third-order valence-corrected chi connectivity index (χ3v) is 6.34. The molecule has 0 saturated heterocycles. The highest BCUT2D eigenvalue weighted by atomic mass is 32.2. The molecule has 0 bridgehead atoms. The topological polar surface area (TPSA) is 84.9 Å². The zero-order chi connectivity index (χ0) is 22.6. The maximum atomic E-state index is 12.9. The van der Waals surface area contributed by atoms with Crippen LogP contribution in [0.1, 0.15) is 36.6 Å². The maximum Gasteiger partial charge on any atom is 0.244 e. The largest absolute Gasteiger partial charge is 0.493 e. The molecule has 0 spiro atoms. The number of hydrogen-bond acceptors (Lipinski definition) is 5. The van der Waals surface area contributed by atoms with Crippen LogP contribution in [0.5, 0.6) is 11.5 Å². The molecule has 1 N–H and O–H groups in total. The third-order valence-electron chi connectivity index (χ3n) is 5.10. The summed E-state index contributed by atoms with van der Waals surface area (Å²) < 4.78 is 36.7. The number of carbonyl (C=O) groups is 1. The lowest BCUT2D eigenvalue weighted by atomic mass is 10.0. The SMILES string of the molecule is COc1ccc(N([C@@H](C)C(=O)N[C@H](C)c2ccc(C)c(C)c2)S(C)(=O)=O)cc1OC. The summed E-state index contributed by atoms with van der Waals surface area (Å²) in [5, 5.41) is 2.92. The number of anilines is 1. The molecule has 0 aliphatic carbocycles. The Hall–Kier alpha value is -2.74. The monoisotopic (exact) mass is 434 g/mol. The van der Waals surface area contributed by atoms with E-state index in [2.05, 4.69) is 5.32 Å². The molecule has 0 saturated carbocycles. The van der Waals surface area contributed by atoms with Crippen LogP contribution in [0.25, 0.3) is 0 Å². The Balaban J connectivity index is 2.32. The van der Waals surface area contributed by atoms with Gasteiger partial charge in [-0.25, -0.2) is 8.42 Å². The molecule has 0 heterocycles. The van der Waals surface area contributed by atoms with E-state index in [1.807, 2.05) is 39.0 Å². The van der Waals surface area contributed by atoms with Gasteiger partial charge in [0.2, 0.25) is 15.9 Å². The fraction of sp³-hybridized carbons (Fsp3) is 0.409. The standard InChI is InChI=1S/C22H30N2O5S/c1-14-8-9-18(12-15(14)2)16(3)23-22(25)17(4)24(30(7,26)27)19-10-11-20(28-5)21(13-19)29-6/h8-13,16-17H,1-7H3,(H,23,25)/t16-,17+/m1/s1. The molecule has 2 aromatic carbocycles. The molecule has 164 valence electrons. The summed E-state index contributed by atoms with van der Waals surface area (Å²) in [4.78, 5) is 12.9. The van der Waals surface area contributed by atoms with Crippen molar-refractivity contribution in [2.45, 2.75) is 39.8 Å². The first-order chi connectivity index (χ1) is 14.0. The first kappa shape index (κ1) is 23.5. The Labute approximate surface area is 179 Å². The summed E-state index contributed by atoms with van der Waals surface area (Å²) in [5.74, 6) is 0.441. The number of nitrogens with one attached hydrogen (secondary N) is 1. The van der Waals surface area contributed by atoms with Crippen molar-refractivity contribution in [1.82, 2.24) is 5.32 Å². The van der Waals surface area contributed by atoms with E-state index in [1.54, 1.807) is 19.1 Å². The first-order valence-electron chi connectivity index (χ1n) is 9.58. The number of aryl methyl sites for hydroxylation is 2. The molecule has 2 aromatic rings. The smallest absolute Gasteiger partial charge is 0.244 e. The van der Waals surface area contributed by atoms with Crippen molar-refractivity contribution >= 4 is 21.6 Å². The summed E-state index contributed by atoms with van der Waals surface area (Å²) in [7, 11) is -0.781. The average Bonchev–Trinajstić information content (AvgIpc) is 2.68. The first-order valence-corrected chi connectivity index (χ1v) is 11.4. The van der Waals surface area contributed by atoms with Gasteiger partial charge in [0, 0.05) is 6.07 Å². The van der Waals surface area contributed by atoms with Gasteiger partial charge in [0.1, 0.15) is 6.04 Å². The number of methoxy groups -OCH3 is 2. The number of benzene rings is 2. The molecule has 0 aliphatic rings. The molecular formula is C22H30N2O5S. The van der Waals surface area contributed by atoms with E-state index < -0.39 is 22.0 Å². The molecule has 0 radical (unpaired) electrons. The number of hydrogen-bond donors (Lipinski definition) is 1. The predicted octanol–water partition coefficient (Wildman–Crippen LogP) is 3.35. The minimum absolute atomic E-state index is 0.272. The number of nitrogens with zero attached hydrogens (tertiary/aromatic N) is 1. The lowest BCUT2D eigenvalue weighted by molar-refractivity contribution is -0.122. The van der Waals surface area contributed by atoms with Gasteiger partial charge >= 0.3 is 0 Å². The van der Waals surface area contributed by atoms with E-state index in [4.69, 9.17) is 9.47 Å². The van der Waals surface area contributed by atoms with Crippen LogP contribution in [-0.4, -0.2) is 40.8 Å². The van der Waals surface area contributed by atoms with Crippen molar-refractivity contribution in [3.05, 3.63) is 53.1 Å². The zero-order valence-corrected chi connectivity index (χ0v) is 19.3. The third kappa shape index (κ3) is 5.24. The molecule has 8 heteroatoms. The summed E-state index contributed by atoms with van der Waals surface area (Å²) in [5.41, 5.74) is 3.57. The predicted molar refractivity (Wildman–Crippen MR) is 119 cm³/mol. The number of ether oxygens (including phenoxy) is 2. The van der Waals surface area contributed by atoms with Gasteiger partial charge in [0.05, 0.1) is 32.2 Å². The number of sulfonamides is 1. The molecule has 0 unspecified atom stereocenters. The Morgan fingerprint density at radius 2 is 1.60 bits per heavy atom. The van der Waals surface area contributed by atoms with Crippen LogP contribution in [0, 0.1) is 13.8 Å². The zero-order valence-electron chi connectivity index (χ0n) is 18.5. The number of rotatable bonds is 8. The lowest BCUT2D eigenvalue weighted by Crippen LogP contribution is -2.48. The van der Waals surface area contributed by atoms with Crippen LogP contribution in [0.15, 0.2) is 36.4 Å². The van der Waals surface area contributed by atoms with Crippen molar-refractivity contribution in [1.29, 1.82) is 0 Å². The van der Waals surface area contributed by atoms with Gasteiger partial charge in [-0.1, -0.05) is 18.2 Å². The molecule has 2 atom stereocenters. The van der Waals surface area contributed by atoms with Crippen molar-refractivity contribution in [3.8, 4) is 11.5 Å². The second-order valence-electron chi connectivity index (χ2n) is 7.35. The van der Waals surface area contributed by atoms with Crippen LogP contribution >= 0.6 is 0 Å². The Morgan fingerprint density at radius 3 is 2.13 bits per heavy atom. The fourth-order valence-electron chi connectivity index (χ4n) is 3.22. The normalized spacial score (nSPS) is 13.3. The van der Waals surface area contributed by atoms with Crippen LogP contribution < -0.4 is 19.1 Å². The van der Waals surface area contributed by atoms with Gasteiger partial charge < -0.3 is 14.8 Å². The number of amides is 1. The minimum atomic E-state index is -3.74. The maximum absolute atomic E-state index is 12.9. The van der Waals surface area contributed by atoms with Crippen LogP contribution in [0.4, 0.5) is 5.69 Å². The van der Waals surface area contributed by atoms with E-state index >= 15 is 0 Å². The molecule has 0 aromatic heterocycles. The van der Waals surface area contributed by atoms with Gasteiger partial charge in [-0.2, -0.15) is 0 Å². The lowest BCUT2D eigenvalue weighted by Gasteiger charge is -2.29. The van der Waals surface area contributed by atoms with Gasteiger partial charge in [-0.05, 0) is 56.5 Å². The van der Waals surface area contributed by atoms with E-state index in [0.29, 0.717) is 17.2 Å². The molecule has 1 amide bonds. The minimum Gasteiger partial charge on any atom is -0.493 e. The highest BCUT2D eigenvalue weighted by Crippen LogP contribution is 2.33. The van der Waals surface area contributed by atoms with Crippen LogP contribution in [0.3, 0.4) is 0 Å². The van der Waals surface area contributed by atoms with Crippen molar-refractivity contribution in [2.24, 2.45) is 0 Å². The summed E-state index contributed by atoms with van der Waals surface area (Å²) >= 11 is 0. The van der Waals surface area contributed by atoms with E-state index in [-0.39, 0.29) is 6.04 Å². The van der Waals surface area contributed by atoms with Crippen LogP contribution in [-0.2, 0) is 14.8 Å². The summed E-state index contributed by atoms with van der Waals surface area (Å²) in [6.07, 6.45) is 1.07. The Kier molecular flexibility index (Phi) is 7.36. The molecule has 2 rings (SSSR count). The fourth-order valence-corrected chi connectivity index (χ4v) is 4.39. The van der Waals surface area contributed by atoms with E-state index in [0.717, 1.165) is 21.7 Å². The van der Waals surface area contributed by atoms with Crippen LogP contribution in [0.2, 0.25) is 0 Å². The van der Waals surface area contributed by atoms with Crippen molar-refractivity contribution in [2.75, 3.05) is 24.8 Å².